The van der Waals surface area contributed by atoms with Gasteiger partial charge in [-0.3, -0.25) is 4.79 Å². The smallest absolute Gasteiger partial charge is 0.320 e. The number of hydrogen-bond donors (Lipinski definition) is 1. The minimum absolute atomic E-state index is 0.241. The number of nitrogens with zero attached hydrogens (tertiary/aromatic N) is 1. The van der Waals surface area contributed by atoms with Crippen molar-refractivity contribution < 1.29 is 18.0 Å². The minimum Gasteiger partial charge on any atom is -0.320 e. The van der Waals surface area contributed by atoms with E-state index in [1.807, 2.05) is 0 Å². The summed E-state index contributed by atoms with van der Waals surface area (Å²) in [6, 6.07) is 6.36. The van der Waals surface area contributed by atoms with Gasteiger partial charge in [-0.1, -0.05) is 12.1 Å². The zero-order valence-corrected chi connectivity index (χ0v) is 11.6. The van der Waals surface area contributed by atoms with Crippen molar-refractivity contribution in [3.8, 4) is 0 Å². The van der Waals surface area contributed by atoms with Gasteiger partial charge < -0.3 is 5.32 Å². The Hall–Kier alpha value is -1.54. The highest BCUT2D eigenvalue weighted by molar-refractivity contribution is 7.99. The topological polar surface area (TPSA) is 42.0 Å². The molecule has 2 rings (SSSR count). The molecular formula is C12H9F3N2OS2. The molecule has 20 heavy (non-hydrogen) atoms. The molecule has 0 saturated carbocycles. The van der Waals surface area contributed by atoms with Crippen molar-refractivity contribution in [1.29, 1.82) is 0 Å². The van der Waals surface area contributed by atoms with E-state index in [9.17, 15) is 18.0 Å². The summed E-state index contributed by atoms with van der Waals surface area (Å²) in [5, 5.41) is 4.14. The standard InChI is InChI=1S/C12H9F3N2OS2/c13-12(14,15)6-20-10-4-2-1-3-8(10)17-11(18)9-5-19-7-16-9/h1-5,7H,6H2,(H,17,18). The van der Waals surface area contributed by atoms with E-state index in [2.05, 4.69) is 10.3 Å². The fraction of sp³-hybridized carbons (Fsp3) is 0.167. The Bertz CT molecular complexity index is 585. The van der Waals surface area contributed by atoms with Crippen LogP contribution in [0.3, 0.4) is 0 Å². The van der Waals surface area contributed by atoms with Gasteiger partial charge in [-0.05, 0) is 12.1 Å². The molecule has 0 aliphatic rings. The molecule has 0 fully saturated rings. The third-order valence-corrected chi connectivity index (χ3v) is 3.92. The van der Waals surface area contributed by atoms with Gasteiger partial charge in [0.25, 0.3) is 5.91 Å². The van der Waals surface area contributed by atoms with Gasteiger partial charge in [0, 0.05) is 10.3 Å². The summed E-state index contributed by atoms with van der Waals surface area (Å²) in [5.74, 6) is -1.44. The zero-order valence-electron chi connectivity index (χ0n) is 9.98. The maximum absolute atomic E-state index is 12.2. The lowest BCUT2D eigenvalue weighted by molar-refractivity contribution is -0.105. The van der Waals surface area contributed by atoms with Crippen molar-refractivity contribution in [3.63, 3.8) is 0 Å². The lowest BCUT2D eigenvalue weighted by atomic mass is 10.3. The number of benzene rings is 1. The molecule has 1 amide bonds. The molecule has 1 N–H and O–H groups in total. The monoisotopic (exact) mass is 318 g/mol. The van der Waals surface area contributed by atoms with Gasteiger partial charge in [-0.15, -0.1) is 23.1 Å². The van der Waals surface area contributed by atoms with Crippen LogP contribution in [0.4, 0.5) is 18.9 Å². The number of nitrogens with one attached hydrogen (secondary N) is 1. The molecule has 1 heterocycles. The molecule has 2 aromatic rings. The molecule has 8 heteroatoms. The van der Waals surface area contributed by atoms with E-state index in [1.165, 1.54) is 22.9 Å². The molecule has 0 bridgehead atoms. The quantitative estimate of drug-likeness (QED) is 0.865. The predicted molar refractivity (Wildman–Crippen MR) is 73.3 cm³/mol. The summed E-state index contributed by atoms with van der Waals surface area (Å²) in [5.41, 5.74) is 2.10. The highest BCUT2D eigenvalue weighted by Crippen LogP contribution is 2.32. The van der Waals surface area contributed by atoms with E-state index in [1.54, 1.807) is 23.6 Å². The summed E-state index contributed by atoms with van der Waals surface area (Å²) >= 11 is 1.91. The van der Waals surface area contributed by atoms with E-state index in [0.29, 0.717) is 22.3 Å². The first-order valence-corrected chi connectivity index (χ1v) is 7.37. The number of anilines is 1. The number of para-hydroxylation sites is 1. The second-order valence-corrected chi connectivity index (χ2v) is 5.46. The number of rotatable bonds is 4. The molecule has 1 aromatic heterocycles. The van der Waals surface area contributed by atoms with E-state index < -0.39 is 17.8 Å². The Morgan fingerprint density at radius 1 is 1.35 bits per heavy atom. The maximum atomic E-state index is 12.2. The number of carbonyl (C=O) groups excluding carboxylic acids is 1. The van der Waals surface area contributed by atoms with E-state index >= 15 is 0 Å². The maximum Gasteiger partial charge on any atom is 0.398 e. The van der Waals surface area contributed by atoms with E-state index in [0.717, 1.165) is 0 Å². The third-order valence-electron chi connectivity index (χ3n) is 2.19. The van der Waals surface area contributed by atoms with Crippen LogP contribution < -0.4 is 5.32 Å². The highest BCUT2D eigenvalue weighted by Gasteiger charge is 2.27. The summed E-state index contributed by atoms with van der Waals surface area (Å²) in [6.45, 7) is 0. The van der Waals surface area contributed by atoms with Crippen LogP contribution in [-0.4, -0.2) is 22.8 Å². The molecule has 1 aromatic carbocycles. The molecule has 0 spiro atoms. The van der Waals surface area contributed by atoms with Gasteiger partial charge in [0.1, 0.15) is 5.69 Å². The first-order valence-electron chi connectivity index (χ1n) is 5.44. The fourth-order valence-electron chi connectivity index (χ4n) is 1.37. The lowest BCUT2D eigenvalue weighted by Gasteiger charge is -2.11. The van der Waals surface area contributed by atoms with Crippen molar-refractivity contribution in [1.82, 2.24) is 4.98 Å². The molecule has 0 aliphatic heterocycles. The lowest BCUT2D eigenvalue weighted by Crippen LogP contribution is -2.14. The zero-order chi connectivity index (χ0) is 14.6. The van der Waals surface area contributed by atoms with E-state index in [4.69, 9.17) is 0 Å². The molecular weight excluding hydrogens is 309 g/mol. The van der Waals surface area contributed by atoms with Gasteiger partial charge in [-0.2, -0.15) is 13.2 Å². The van der Waals surface area contributed by atoms with Crippen molar-refractivity contribution >= 4 is 34.7 Å². The Labute approximate surface area is 121 Å². The molecule has 0 saturated heterocycles. The number of thiazole rings is 1. The number of thioether (sulfide) groups is 1. The number of halogens is 3. The Morgan fingerprint density at radius 3 is 2.75 bits per heavy atom. The molecule has 0 atom stereocenters. The summed E-state index contributed by atoms with van der Waals surface area (Å²) in [4.78, 5) is 16.0. The van der Waals surface area contributed by atoms with Crippen molar-refractivity contribution in [2.24, 2.45) is 0 Å². The van der Waals surface area contributed by atoms with Crippen LogP contribution in [0.2, 0.25) is 0 Å². The van der Waals surface area contributed by atoms with Crippen LogP contribution in [0, 0.1) is 0 Å². The van der Waals surface area contributed by atoms with Crippen molar-refractivity contribution in [3.05, 3.63) is 40.8 Å². The number of carbonyl (C=O) groups is 1. The number of hydrogen-bond acceptors (Lipinski definition) is 4. The molecule has 0 aliphatic carbocycles. The van der Waals surface area contributed by atoms with Gasteiger partial charge in [0.05, 0.1) is 17.0 Å². The average Bonchev–Trinajstić information content (AvgIpc) is 2.90. The van der Waals surface area contributed by atoms with Crippen LogP contribution in [0.5, 0.6) is 0 Å². The highest BCUT2D eigenvalue weighted by atomic mass is 32.2. The first-order chi connectivity index (χ1) is 9.46. The average molecular weight is 318 g/mol. The summed E-state index contributed by atoms with van der Waals surface area (Å²) in [7, 11) is 0. The molecule has 0 radical (unpaired) electrons. The molecule has 106 valence electrons. The van der Waals surface area contributed by atoms with Crippen LogP contribution in [0.1, 0.15) is 10.5 Å². The second-order valence-electron chi connectivity index (χ2n) is 3.73. The van der Waals surface area contributed by atoms with Crippen LogP contribution in [0.15, 0.2) is 40.1 Å². The van der Waals surface area contributed by atoms with Gasteiger partial charge in [0.15, 0.2) is 0 Å². The fourth-order valence-corrected chi connectivity index (χ4v) is 2.67. The Kier molecular flexibility index (Phi) is 4.66. The first kappa shape index (κ1) is 14.9. The Balaban J connectivity index is 2.10. The van der Waals surface area contributed by atoms with Crippen LogP contribution in [-0.2, 0) is 0 Å². The summed E-state index contributed by atoms with van der Waals surface area (Å²) < 4.78 is 36.7. The normalized spacial score (nSPS) is 11.3. The number of alkyl halides is 3. The van der Waals surface area contributed by atoms with E-state index in [-0.39, 0.29) is 5.69 Å². The number of amides is 1. The SMILES string of the molecule is O=C(Nc1ccccc1SCC(F)(F)F)c1cscn1. The van der Waals surface area contributed by atoms with Crippen LogP contribution in [0.25, 0.3) is 0 Å². The minimum atomic E-state index is -4.25. The largest absolute Gasteiger partial charge is 0.398 e. The molecule has 3 nitrogen and oxygen atoms in total. The predicted octanol–water partition coefficient (Wildman–Crippen LogP) is 4.05. The third kappa shape index (κ3) is 4.24. The van der Waals surface area contributed by atoms with Gasteiger partial charge in [0.2, 0.25) is 0 Å². The second kappa shape index (κ2) is 6.27. The number of aromatic nitrogens is 1. The van der Waals surface area contributed by atoms with Crippen LogP contribution >= 0.6 is 23.1 Å². The molecule has 0 unspecified atom stereocenters. The van der Waals surface area contributed by atoms with Gasteiger partial charge in [-0.25, -0.2) is 4.98 Å². The van der Waals surface area contributed by atoms with Crippen molar-refractivity contribution in [2.75, 3.05) is 11.1 Å². The summed E-state index contributed by atoms with van der Waals surface area (Å²) in [6.07, 6.45) is -4.25. The van der Waals surface area contributed by atoms with Gasteiger partial charge >= 0.3 is 6.18 Å². The van der Waals surface area contributed by atoms with Crippen molar-refractivity contribution in [2.45, 2.75) is 11.1 Å². The Morgan fingerprint density at radius 2 is 2.10 bits per heavy atom.